The van der Waals surface area contributed by atoms with E-state index in [2.05, 4.69) is 18.2 Å². The number of hydrogen-bond donors (Lipinski definition) is 1. The highest BCUT2D eigenvalue weighted by Crippen LogP contribution is 2.22. The molecule has 1 aromatic carbocycles. The minimum Gasteiger partial charge on any atom is -0.474 e. The van der Waals surface area contributed by atoms with Crippen LogP contribution in [0.1, 0.15) is 29.5 Å². The second-order valence-electron chi connectivity index (χ2n) is 5.09. The van der Waals surface area contributed by atoms with Crippen molar-refractivity contribution >= 4 is 11.9 Å². The maximum atomic E-state index is 11.2. The fourth-order valence-electron chi connectivity index (χ4n) is 2.50. The van der Waals surface area contributed by atoms with Gasteiger partial charge in [0.25, 0.3) is 0 Å². The lowest BCUT2D eigenvalue weighted by molar-refractivity contribution is -0.155. The van der Waals surface area contributed by atoms with Crippen LogP contribution in [0.4, 0.5) is 0 Å². The van der Waals surface area contributed by atoms with Crippen molar-refractivity contribution in [1.82, 2.24) is 4.90 Å². The molecule has 1 aromatic rings. The van der Waals surface area contributed by atoms with Crippen molar-refractivity contribution in [3.63, 3.8) is 0 Å². The lowest BCUT2D eigenvalue weighted by Gasteiger charge is -2.18. The van der Waals surface area contributed by atoms with Gasteiger partial charge in [-0.3, -0.25) is 4.79 Å². The highest BCUT2D eigenvalue weighted by Gasteiger charge is 2.16. The number of aryl methyl sites for hydroxylation is 2. The third-order valence-corrected chi connectivity index (χ3v) is 3.68. The standard InChI is InChI=1S/C15H19NO3/c1-16(14(17)15(18)19)9-8-11-6-7-12-4-2-3-5-13(12)10-11/h6-7,10H,2-5,8-9H2,1H3,(H,18,19). The Kier molecular flexibility index (Phi) is 4.20. The molecule has 102 valence electrons. The molecule has 4 nitrogen and oxygen atoms in total. The summed E-state index contributed by atoms with van der Waals surface area (Å²) in [6, 6.07) is 6.46. The molecule has 0 heterocycles. The van der Waals surface area contributed by atoms with Gasteiger partial charge < -0.3 is 10.0 Å². The normalized spacial score (nSPS) is 13.7. The Balaban J connectivity index is 1.96. The number of carbonyl (C=O) groups is 2. The fourth-order valence-corrected chi connectivity index (χ4v) is 2.50. The van der Waals surface area contributed by atoms with Gasteiger partial charge in [0.2, 0.25) is 0 Å². The lowest BCUT2D eigenvalue weighted by Crippen LogP contribution is -2.34. The van der Waals surface area contributed by atoms with E-state index in [-0.39, 0.29) is 0 Å². The number of aliphatic carboxylic acids is 1. The first-order valence-corrected chi connectivity index (χ1v) is 6.67. The van der Waals surface area contributed by atoms with Crippen molar-refractivity contribution in [2.75, 3.05) is 13.6 Å². The van der Waals surface area contributed by atoms with E-state index in [1.165, 1.54) is 41.5 Å². The molecule has 0 bridgehead atoms. The van der Waals surface area contributed by atoms with Gasteiger partial charge in [-0.15, -0.1) is 0 Å². The van der Waals surface area contributed by atoms with Crippen molar-refractivity contribution in [3.05, 3.63) is 34.9 Å². The fraction of sp³-hybridized carbons (Fsp3) is 0.467. The van der Waals surface area contributed by atoms with Gasteiger partial charge in [0, 0.05) is 13.6 Å². The topological polar surface area (TPSA) is 57.6 Å². The number of hydrogen-bond acceptors (Lipinski definition) is 2. The van der Waals surface area contributed by atoms with Crippen molar-refractivity contribution in [2.45, 2.75) is 32.1 Å². The second-order valence-corrected chi connectivity index (χ2v) is 5.09. The number of rotatable bonds is 3. The number of carboxylic acids is 1. The van der Waals surface area contributed by atoms with Gasteiger partial charge >= 0.3 is 11.9 Å². The quantitative estimate of drug-likeness (QED) is 0.842. The van der Waals surface area contributed by atoms with E-state index in [0.717, 1.165) is 12.8 Å². The third-order valence-electron chi connectivity index (χ3n) is 3.68. The Bertz CT molecular complexity index is 496. The molecule has 1 aliphatic rings. The largest absolute Gasteiger partial charge is 0.474 e. The molecule has 0 spiro atoms. The summed E-state index contributed by atoms with van der Waals surface area (Å²) in [6.45, 7) is 0.434. The van der Waals surface area contributed by atoms with Gasteiger partial charge in [0.1, 0.15) is 0 Å². The lowest BCUT2D eigenvalue weighted by atomic mass is 9.90. The van der Waals surface area contributed by atoms with Crippen LogP contribution < -0.4 is 0 Å². The number of carbonyl (C=O) groups excluding carboxylic acids is 1. The molecule has 0 radical (unpaired) electrons. The molecule has 1 amide bonds. The highest BCUT2D eigenvalue weighted by molar-refractivity contribution is 6.31. The van der Waals surface area contributed by atoms with Crippen LogP contribution in [0.2, 0.25) is 0 Å². The molecular formula is C15H19NO3. The van der Waals surface area contributed by atoms with Crippen molar-refractivity contribution in [3.8, 4) is 0 Å². The van der Waals surface area contributed by atoms with E-state index in [1.807, 2.05) is 0 Å². The molecule has 0 aliphatic heterocycles. The molecule has 2 rings (SSSR count). The second kappa shape index (κ2) is 5.87. The Morgan fingerprint density at radius 2 is 1.89 bits per heavy atom. The van der Waals surface area contributed by atoms with Crippen LogP contribution in [-0.4, -0.2) is 35.5 Å². The first kappa shape index (κ1) is 13.6. The monoisotopic (exact) mass is 261 g/mol. The summed E-state index contributed by atoms with van der Waals surface area (Å²) in [6.07, 6.45) is 5.50. The van der Waals surface area contributed by atoms with Crippen LogP contribution in [0.3, 0.4) is 0 Å². The zero-order chi connectivity index (χ0) is 13.8. The predicted octanol–water partition coefficient (Wildman–Crippen LogP) is 1.65. The maximum Gasteiger partial charge on any atom is 0.394 e. The summed E-state index contributed by atoms with van der Waals surface area (Å²) in [5, 5.41) is 8.62. The first-order valence-electron chi connectivity index (χ1n) is 6.67. The van der Waals surface area contributed by atoms with Gasteiger partial charge in [-0.25, -0.2) is 4.79 Å². The van der Waals surface area contributed by atoms with E-state index < -0.39 is 11.9 Å². The molecule has 0 unspecified atom stereocenters. The summed E-state index contributed by atoms with van der Waals surface area (Å²) in [7, 11) is 1.52. The Morgan fingerprint density at radius 3 is 2.58 bits per heavy atom. The van der Waals surface area contributed by atoms with E-state index in [4.69, 9.17) is 5.11 Å². The summed E-state index contributed by atoms with van der Waals surface area (Å²) in [5.74, 6) is -2.24. The van der Waals surface area contributed by atoms with Crippen LogP contribution in [0.25, 0.3) is 0 Å². The van der Waals surface area contributed by atoms with Crippen LogP contribution in [-0.2, 0) is 28.9 Å². The van der Waals surface area contributed by atoms with Gasteiger partial charge in [0.15, 0.2) is 0 Å². The molecule has 0 saturated carbocycles. The first-order chi connectivity index (χ1) is 9.08. The van der Waals surface area contributed by atoms with Crippen LogP contribution >= 0.6 is 0 Å². The van der Waals surface area contributed by atoms with Crippen molar-refractivity contribution < 1.29 is 14.7 Å². The SMILES string of the molecule is CN(CCc1ccc2c(c1)CCCC2)C(=O)C(=O)O. The van der Waals surface area contributed by atoms with Gasteiger partial charge in [-0.1, -0.05) is 18.2 Å². The number of likely N-dealkylation sites (N-methyl/N-ethyl adjacent to an activating group) is 1. The Morgan fingerprint density at radius 1 is 1.21 bits per heavy atom. The zero-order valence-corrected chi connectivity index (χ0v) is 11.2. The number of amides is 1. The molecule has 0 aromatic heterocycles. The van der Waals surface area contributed by atoms with Crippen molar-refractivity contribution in [1.29, 1.82) is 0 Å². The van der Waals surface area contributed by atoms with Crippen LogP contribution in [0, 0.1) is 0 Å². The van der Waals surface area contributed by atoms with Crippen LogP contribution in [0.5, 0.6) is 0 Å². The van der Waals surface area contributed by atoms with Crippen LogP contribution in [0.15, 0.2) is 18.2 Å². The minimum absolute atomic E-state index is 0.434. The molecule has 0 atom stereocenters. The Hall–Kier alpha value is -1.84. The third kappa shape index (κ3) is 3.34. The zero-order valence-electron chi connectivity index (χ0n) is 11.2. The minimum atomic E-state index is -1.40. The molecule has 1 N–H and O–H groups in total. The van der Waals surface area contributed by atoms with E-state index in [9.17, 15) is 9.59 Å². The number of carboxylic acid groups (broad SMARTS) is 1. The molecule has 4 heteroatoms. The summed E-state index contributed by atoms with van der Waals surface area (Å²) >= 11 is 0. The molecule has 19 heavy (non-hydrogen) atoms. The summed E-state index contributed by atoms with van der Waals surface area (Å²) in [4.78, 5) is 23.0. The summed E-state index contributed by atoms with van der Waals surface area (Å²) < 4.78 is 0. The van der Waals surface area contributed by atoms with Gasteiger partial charge in [-0.2, -0.15) is 0 Å². The molecular weight excluding hydrogens is 242 g/mol. The Labute approximate surface area is 113 Å². The van der Waals surface area contributed by atoms with Crippen molar-refractivity contribution in [2.24, 2.45) is 0 Å². The molecule has 0 fully saturated rings. The number of benzene rings is 1. The number of nitrogens with zero attached hydrogens (tertiary/aromatic N) is 1. The molecule has 0 saturated heterocycles. The van der Waals surface area contributed by atoms with E-state index in [0.29, 0.717) is 13.0 Å². The highest BCUT2D eigenvalue weighted by atomic mass is 16.4. The molecule has 1 aliphatic carbocycles. The number of fused-ring (bicyclic) bond motifs is 1. The maximum absolute atomic E-state index is 11.2. The van der Waals surface area contributed by atoms with Gasteiger partial charge in [-0.05, 0) is 48.8 Å². The van der Waals surface area contributed by atoms with E-state index in [1.54, 1.807) is 0 Å². The average Bonchev–Trinajstić information content (AvgIpc) is 2.43. The smallest absolute Gasteiger partial charge is 0.394 e. The summed E-state index contributed by atoms with van der Waals surface area (Å²) in [5.41, 5.74) is 4.02. The predicted molar refractivity (Wildman–Crippen MR) is 72.1 cm³/mol. The van der Waals surface area contributed by atoms with E-state index >= 15 is 0 Å². The average molecular weight is 261 g/mol. The van der Waals surface area contributed by atoms with Gasteiger partial charge in [0.05, 0.1) is 0 Å².